The normalized spacial score (nSPS) is 23.8. The van der Waals surface area contributed by atoms with E-state index in [9.17, 15) is 4.21 Å². The van der Waals surface area contributed by atoms with Crippen molar-refractivity contribution in [3.8, 4) is 0 Å². The zero-order valence-electron chi connectivity index (χ0n) is 13.0. The summed E-state index contributed by atoms with van der Waals surface area (Å²) < 4.78 is 12.0. The number of aryl methyl sites for hydroxylation is 1. The molecule has 21 heavy (non-hydrogen) atoms. The minimum absolute atomic E-state index is 0.310. The van der Waals surface area contributed by atoms with Crippen LogP contribution in [0.25, 0.3) is 0 Å². The van der Waals surface area contributed by atoms with Crippen LogP contribution in [0.1, 0.15) is 50.9 Å². The quantitative estimate of drug-likeness (QED) is 0.840. The summed E-state index contributed by atoms with van der Waals surface area (Å²) in [4.78, 5) is 8.73. The van der Waals surface area contributed by atoms with Crippen molar-refractivity contribution in [1.82, 2.24) is 9.97 Å². The van der Waals surface area contributed by atoms with Crippen molar-refractivity contribution in [3.05, 3.63) is 16.5 Å². The van der Waals surface area contributed by atoms with E-state index in [1.54, 1.807) is 0 Å². The van der Waals surface area contributed by atoms with Gasteiger partial charge in [0, 0.05) is 33.4 Å². The Morgan fingerprint density at radius 1 is 1.33 bits per heavy atom. The number of rotatable bonds is 5. The van der Waals surface area contributed by atoms with Gasteiger partial charge in [-0.15, -0.1) is 0 Å². The number of hydrogen-bond donors (Lipinski definition) is 1. The fourth-order valence-corrected chi connectivity index (χ4v) is 4.63. The van der Waals surface area contributed by atoms with Crippen LogP contribution in [0.3, 0.4) is 0 Å². The Kier molecular flexibility index (Phi) is 5.99. The first kappa shape index (κ1) is 16.7. The first-order valence-electron chi connectivity index (χ1n) is 7.71. The minimum atomic E-state index is -0.707. The summed E-state index contributed by atoms with van der Waals surface area (Å²) in [5, 5.41) is 4.37. The van der Waals surface area contributed by atoms with Gasteiger partial charge >= 0.3 is 0 Å². The third-order valence-electron chi connectivity index (χ3n) is 4.05. The third-order valence-corrected chi connectivity index (χ3v) is 6.10. The Balaban J connectivity index is 2.12. The topological polar surface area (TPSA) is 54.9 Å². The van der Waals surface area contributed by atoms with Crippen molar-refractivity contribution in [2.75, 3.05) is 11.1 Å². The Hall–Kier alpha value is -0.680. The van der Waals surface area contributed by atoms with E-state index >= 15 is 0 Å². The smallest absolute Gasteiger partial charge is 0.138 e. The lowest BCUT2D eigenvalue weighted by Gasteiger charge is -2.30. The molecule has 1 aromatic rings. The van der Waals surface area contributed by atoms with Crippen LogP contribution in [-0.4, -0.2) is 31.2 Å². The summed E-state index contributed by atoms with van der Waals surface area (Å²) in [6.45, 7) is 5.91. The highest BCUT2D eigenvalue weighted by Gasteiger charge is 2.26. The summed E-state index contributed by atoms with van der Waals surface area (Å²) in [7, 11) is -0.707. The molecule has 118 valence electrons. The highest BCUT2D eigenvalue weighted by Crippen LogP contribution is 2.28. The molecule has 6 heteroatoms. The van der Waals surface area contributed by atoms with E-state index in [1.165, 1.54) is 0 Å². The first-order chi connectivity index (χ1) is 10.0. The van der Waals surface area contributed by atoms with Gasteiger partial charge in [-0.05, 0) is 32.6 Å². The molecule has 2 rings (SSSR count). The molecule has 3 atom stereocenters. The van der Waals surface area contributed by atoms with Crippen LogP contribution < -0.4 is 5.32 Å². The second-order valence-electron chi connectivity index (χ2n) is 5.54. The molecule has 0 aromatic carbocycles. The zero-order chi connectivity index (χ0) is 15.4. The van der Waals surface area contributed by atoms with Gasteiger partial charge in [0.15, 0.2) is 0 Å². The molecule has 1 aliphatic carbocycles. The number of nitrogens with zero attached hydrogens (tertiary/aromatic N) is 2. The second kappa shape index (κ2) is 7.54. The van der Waals surface area contributed by atoms with E-state index in [2.05, 4.69) is 22.2 Å². The standard InChI is InChI=1S/C15H24ClN3OS/c1-4-13-14(16)17-10(3)18-15(13)19-11-7-6-8-12(9-11)21(20)5-2/h11-12H,4-9H2,1-3H3,(H,17,18,19). The lowest BCUT2D eigenvalue weighted by Crippen LogP contribution is -2.33. The van der Waals surface area contributed by atoms with Gasteiger partial charge in [-0.25, -0.2) is 9.97 Å². The fourth-order valence-electron chi connectivity index (χ4n) is 2.94. The van der Waals surface area contributed by atoms with Gasteiger partial charge < -0.3 is 5.32 Å². The van der Waals surface area contributed by atoms with Crippen molar-refractivity contribution in [2.45, 2.75) is 64.2 Å². The second-order valence-corrected chi connectivity index (χ2v) is 7.91. The highest BCUT2D eigenvalue weighted by atomic mass is 35.5. The molecule has 3 unspecified atom stereocenters. The molecule has 0 bridgehead atoms. The highest BCUT2D eigenvalue weighted by molar-refractivity contribution is 7.85. The molecular formula is C15H24ClN3OS. The van der Waals surface area contributed by atoms with E-state index in [1.807, 2.05) is 13.8 Å². The first-order valence-corrected chi connectivity index (χ1v) is 9.47. The Bertz CT molecular complexity index is 524. The largest absolute Gasteiger partial charge is 0.367 e. The number of anilines is 1. The summed E-state index contributed by atoms with van der Waals surface area (Å²) in [5.41, 5.74) is 0.973. The number of hydrogen-bond acceptors (Lipinski definition) is 4. The van der Waals surface area contributed by atoms with Crippen molar-refractivity contribution in [1.29, 1.82) is 0 Å². The third kappa shape index (κ3) is 4.16. The summed E-state index contributed by atoms with van der Waals surface area (Å²) in [6, 6.07) is 0.329. The summed E-state index contributed by atoms with van der Waals surface area (Å²) in [5.74, 6) is 2.28. The average molecular weight is 330 g/mol. The predicted octanol–water partition coefficient (Wildman–Crippen LogP) is 3.49. The molecular weight excluding hydrogens is 306 g/mol. The van der Waals surface area contributed by atoms with Gasteiger partial charge in [0.05, 0.1) is 0 Å². The van der Waals surface area contributed by atoms with E-state index in [4.69, 9.17) is 11.6 Å². The van der Waals surface area contributed by atoms with Crippen molar-refractivity contribution in [2.24, 2.45) is 0 Å². The van der Waals surface area contributed by atoms with E-state index in [0.717, 1.165) is 49.2 Å². The molecule has 1 aliphatic rings. The van der Waals surface area contributed by atoms with Crippen LogP contribution >= 0.6 is 11.6 Å². The molecule has 0 aliphatic heterocycles. The van der Waals surface area contributed by atoms with Crippen molar-refractivity contribution < 1.29 is 4.21 Å². The maximum atomic E-state index is 12.0. The maximum Gasteiger partial charge on any atom is 0.138 e. The van der Waals surface area contributed by atoms with Gasteiger partial charge in [-0.3, -0.25) is 4.21 Å². The van der Waals surface area contributed by atoms with Crippen LogP contribution in [-0.2, 0) is 17.2 Å². The summed E-state index contributed by atoms with van der Waals surface area (Å²) >= 11 is 6.21. The number of nitrogens with one attached hydrogen (secondary N) is 1. The lowest BCUT2D eigenvalue weighted by molar-refractivity contribution is 0.464. The molecule has 0 amide bonds. The molecule has 1 saturated carbocycles. The molecule has 1 fully saturated rings. The van der Waals surface area contributed by atoms with Crippen LogP contribution in [0.2, 0.25) is 5.15 Å². The molecule has 1 N–H and O–H groups in total. The fraction of sp³-hybridized carbons (Fsp3) is 0.733. The van der Waals surface area contributed by atoms with Gasteiger partial charge in [0.2, 0.25) is 0 Å². The average Bonchev–Trinajstić information content (AvgIpc) is 2.46. The Labute approximate surface area is 134 Å². The number of halogens is 1. The maximum absolute atomic E-state index is 12.0. The van der Waals surface area contributed by atoms with Crippen LogP contribution in [0, 0.1) is 6.92 Å². The molecule has 0 radical (unpaired) electrons. The minimum Gasteiger partial charge on any atom is -0.367 e. The Morgan fingerprint density at radius 2 is 2.10 bits per heavy atom. The van der Waals surface area contributed by atoms with Gasteiger partial charge in [-0.2, -0.15) is 0 Å². The van der Waals surface area contributed by atoms with Crippen LogP contribution in [0.5, 0.6) is 0 Å². The zero-order valence-corrected chi connectivity index (χ0v) is 14.6. The summed E-state index contributed by atoms with van der Waals surface area (Å²) in [6.07, 6.45) is 5.04. The van der Waals surface area contributed by atoms with Gasteiger partial charge in [0.25, 0.3) is 0 Å². The van der Waals surface area contributed by atoms with Crippen molar-refractivity contribution in [3.63, 3.8) is 0 Å². The lowest BCUT2D eigenvalue weighted by atomic mass is 9.95. The van der Waals surface area contributed by atoms with Gasteiger partial charge in [0.1, 0.15) is 16.8 Å². The Morgan fingerprint density at radius 3 is 2.76 bits per heavy atom. The number of aromatic nitrogens is 2. The molecule has 1 heterocycles. The van der Waals surface area contributed by atoms with E-state index in [0.29, 0.717) is 22.3 Å². The molecule has 0 spiro atoms. The SMILES string of the molecule is CCc1c(Cl)nc(C)nc1NC1CCCC(S(=O)CC)C1. The van der Waals surface area contributed by atoms with E-state index < -0.39 is 10.8 Å². The van der Waals surface area contributed by atoms with Crippen LogP contribution in [0.4, 0.5) is 5.82 Å². The predicted molar refractivity (Wildman–Crippen MR) is 89.5 cm³/mol. The van der Waals surface area contributed by atoms with Gasteiger partial charge in [-0.1, -0.05) is 31.9 Å². The monoisotopic (exact) mass is 329 g/mol. The molecule has 4 nitrogen and oxygen atoms in total. The van der Waals surface area contributed by atoms with Crippen LogP contribution in [0.15, 0.2) is 0 Å². The van der Waals surface area contributed by atoms with E-state index in [-0.39, 0.29) is 0 Å². The molecule has 0 saturated heterocycles. The molecule has 1 aromatic heterocycles. The van der Waals surface area contributed by atoms with Crippen molar-refractivity contribution >= 4 is 28.2 Å².